The first-order valence-electron chi connectivity index (χ1n) is 8.28. The van der Waals surface area contributed by atoms with Gasteiger partial charge in [0.1, 0.15) is 0 Å². The topological polar surface area (TPSA) is 88.4 Å². The number of methoxy groups -OCH3 is 1. The van der Waals surface area contributed by atoms with Gasteiger partial charge in [0.15, 0.2) is 0 Å². The molecule has 1 unspecified atom stereocenters. The first kappa shape index (κ1) is 19.3. The van der Waals surface area contributed by atoms with E-state index in [-0.39, 0.29) is 11.7 Å². The molecule has 1 aliphatic heterocycles. The molecule has 0 saturated carbocycles. The SMILES string of the molecule is COC(=O)C1=C(C)NC(C)=C(C(=O)OC(C)C)C1c1ccccc1C#N. The highest BCUT2D eigenvalue weighted by molar-refractivity contribution is 6.00. The minimum absolute atomic E-state index is 0.288. The van der Waals surface area contributed by atoms with Crippen molar-refractivity contribution in [2.24, 2.45) is 0 Å². The number of allylic oxidation sites excluding steroid dienone is 2. The highest BCUT2D eigenvalue weighted by Crippen LogP contribution is 2.40. The lowest BCUT2D eigenvalue weighted by molar-refractivity contribution is -0.143. The fraction of sp³-hybridized carbons (Fsp3) is 0.350. The predicted octanol–water partition coefficient (Wildman–Crippen LogP) is 2.92. The van der Waals surface area contributed by atoms with Gasteiger partial charge in [-0.3, -0.25) is 0 Å². The lowest BCUT2D eigenvalue weighted by Crippen LogP contribution is -2.33. The van der Waals surface area contributed by atoms with Crippen LogP contribution in [0.1, 0.15) is 44.7 Å². The van der Waals surface area contributed by atoms with Crippen molar-refractivity contribution < 1.29 is 19.1 Å². The molecule has 1 aromatic carbocycles. The number of esters is 2. The number of hydrogen-bond donors (Lipinski definition) is 1. The van der Waals surface area contributed by atoms with E-state index in [1.54, 1.807) is 52.0 Å². The molecular formula is C20H22N2O4. The van der Waals surface area contributed by atoms with Crippen LogP contribution in [-0.4, -0.2) is 25.2 Å². The van der Waals surface area contributed by atoms with E-state index < -0.39 is 17.9 Å². The molecule has 0 fully saturated rings. The zero-order valence-electron chi connectivity index (χ0n) is 15.5. The Hall–Kier alpha value is -3.07. The highest BCUT2D eigenvalue weighted by atomic mass is 16.5. The second kappa shape index (κ2) is 7.87. The Morgan fingerprint density at radius 2 is 1.69 bits per heavy atom. The second-order valence-electron chi connectivity index (χ2n) is 6.28. The van der Waals surface area contributed by atoms with E-state index in [1.165, 1.54) is 7.11 Å². The number of benzene rings is 1. The summed E-state index contributed by atoms with van der Waals surface area (Å²) >= 11 is 0. The van der Waals surface area contributed by atoms with Crippen LogP contribution >= 0.6 is 0 Å². The molecule has 1 aliphatic rings. The predicted molar refractivity (Wildman–Crippen MR) is 95.7 cm³/mol. The molecule has 1 aromatic rings. The van der Waals surface area contributed by atoms with Gasteiger partial charge >= 0.3 is 11.9 Å². The number of ether oxygens (including phenoxy) is 2. The van der Waals surface area contributed by atoms with Crippen molar-refractivity contribution in [1.29, 1.82) is 5.26 Å². The van der Waals surface area contributed by atoms with Gasteiger partial charge in [0, 0.05) is 11.4 Å². The smallest absolute Gasteiger partial charge is 0.337 e. The molecule has 0 aliphatic carbocycles. The van der Waals surface area contributed by atoms with Gasteiger partial charge in [-0.15, -0.1) is 0 Å². The van der Waals surface area contributed by atoms with Gasteiger partial charge in [-0.1, -0.05) is 18.2 Å². The van der Waals surface area contributed by atoms with Crippen LogP contribution in [0.5, 0.6) is 0 Å². The lowest BCUT2D eigenvalue weighted by Gasteiger charge is -2.31. The summed E-state index contributed by atoms with van der Waals surface area (Å²) in [6.45, 7) is 6.99. The molecule has 2 rings (SSSR count). The van der Waals surface area contributed by atoms with E-state index in [9.17, 15) is 14.9 Å². The largest absolute Gasteiger partial charge is 0.466 e. The number of carbonyl (C=O) groups excluding carboxylic acids is 2. The minimum Gasteiger partial charge on any atom is -0.466 e. The number of nitrogens with zero attached hydrogens (tertiary/aromatic N) is 1. The van der Waals surface area contributed by atoms with E-state index in [0.717, 1.165) is 0 Å². The molecular weight excluding hydrogens is 332 g/mol. The number of dihydropyridines is 1. The Labute approximate surface area is 153 Å². The first-order valence-corrected chi connectivity index (χ1v) is 8.28. The molecule has 0 saturated heterocycles. The van der Waals surface area contributed by atoms with Crippen LogP contribution in [0.2, 0.25) is 0 Å². The normalized spacial score (nSPS) is 16.9. The summed E-state index contributed by atoms with van der Waals surface area (Å²) in [5, 5.41) is 12.6. The molecule has 0 bridgehead atoms. The Kier molecular flexibility index (Phi) is 5.83. The van der Waals surface area contributed by atoms with Crippen LogP contribution < -0.4 is 5.32 Å². The van der Waals surface area contributed by atoms with Gasteiger partial charge < -0.3 is 14.8 Å². The van der Waals surface area contributed by atoms with Crippen molar-refractivity contribution >= 4 is 11.9 Å². The molecule has 6 heteroatoms. The maximum absolute atomic E-state index is 12.8. The van der Waals surface area contributed by atoms with Crippen LogP contribution in [0.4, 0.5) is 0 Å². The molecule has 0 amide bonds. The minimum atomic E-state index is -0.745. The number of hydrogen-bond acceptors (Lipinski definition) is 6. The molecule has 0 radical (unpaired) electrons. The number of carbonyl (C=O) groups is 2. The van der Waals surface area contributed by atoms with E-state index >= 15 is 0 Å². The van der Waals surface area contributed by atoms with E-state index in [0.29, 0.717) is 28.1 Å². The third kappa shape index (κ3) is 3.62. The van der Waals surface area contributed by atoms with Crippen molar-refractivity contribution in [3.8, 4) is 6.07 Å². The van der Waals surface area contributed by atoms with Gasteiger partial charge in [-0.05, 0) is 39.3 Å². The van der Waals surface area contributed by atoms with Crippen LogP contribution in [0.25, 0.3) is 0 Å². The zero-order valence-corrected chi connectivity index (χ0v) is 15.5. The second-order valence-corrected chi connectivity index (χ2v) is 6.28. The lowest BCUT2D eigenvalue weighted by atomic mass is 9.79. The average molecular weight is 354 g/mol. The molecule has 136 valence electrons. The van der Waals surface area contributed by atoms with Crippen molar-refractivity contribution in [2.45, 2.75) is 39.7 Å². The summed E-state index contributed by atoms with van der Waals surface area (Å²) in [5.41, 5.74) is 2.69. The van der Waals surface area contributed by atoms with Gasteiger partial charge in [0.2, 0.25) is 0 Å². The Morgan fingerprint density at radius 3 is 2.23 bits per heavy atom. The van der Waals surface area contributed by atoms with Gasteiger partial charge in [-0.2, -0.15) is 5.26 Å². The quantitative estimate of drug-likeness (QED) is 0.837. The van der Waals surface area contributed by atoms with E-state index in [1.807, 2.05) is 0 Å². The average Bonchev–Trinajstić information content (AvgIpc) is 2.59. The highest BCUT2D eigenvalue weighted by Gasteiger charge is 2.39. The first-order chi connectivity index (χ1) is 12.3. The van der Waals surface area contributed by atoms with Gasteiger partial charge in [0.25, 0.3) is 0 Å². The van der Waals surface area contributed by atoms with E-state index in [4.69, 9.17) is 9.47 Å². The number of nitriles is 1. The summed E-state index contributed by atoms with van der Waals surface area (Å²) in [5.74, 6) is -1.84. The monoisotopic (exact) mass is 354 g/mol. The van der Waals surface area contributed by atoms with Crippen molar-refractivity contribution in [3.63, 3.8) is 0 Å². The van der Waals surface area contributed by atoms with E-state index in [2.05, 4.69) is 11.4 Å². The Bertz CT molecular complexity index is 844. The molecule has 6 nitrogen and oxygen atoms in total. The maximum atomic E-state index is 12.8. The van der Waals surface area contributed by atoms with Crippen LogP contribution in [0, 0.1) is 11.3 Å². The fourth-order valence-corrected chi connectivity index (χ4v) is 3.08. The molecule has 26 heavy (non-hydrogen) atoms. The molecule has 0 spiro atoms. The van der Waals surface area contributed by atoms with Gasteiger partial charge in [-0.25, -0.2) is 9.59 Å². The zero-order chi connectivity index (χ0) is 19.4. The standard InChI is InChI=1S/C20H22N2O4/c1-11(2)26-20(24)17-13(4)22-12(3)16(19(23)25-5)18(17)15-9-7-6-8-14(15)10-21/h6-9,11,18,22H,1-5H3. The van der Waals surface area contributed by atoms with Crippen LogP contribution in [0.3, 0.4) is 0 Å². The molecule has 1 atom stereocenters. The van der Waals surface area contributed by atoms with Gasteiger partial charge in [0.05, 0.1) is 41.9 Å². The number of rotatable bonds is 4. The number of nitrogens with one attached hydrogen (secondary N) is 1. The summed E-state index contributed by atoms with van der Waals surface area (Å²) in [6, 6.07) is 9.03. The van der Waals surface area contributed by atoms with Crippen molar-refractivity contribution in [3.05, 3.63) is 57.9 Å². The summed E-state index contributed by atoms with van der Waals surface area (Å²) < 4.78 is 10.3. The fourth-order valence-electron chi connectivity index (χ4n) is 3.08. The third-order valence-electron chi connectivity index (χ3n) is 4.12. The van der Waals surface area contributed by atoms with Crippen LogP contribution in [0.15, 0.2) is 46.8 Å². The maximum Gasteiger partial charge on any atom is 0.337 e. The molecule has 1 N–H and O–H groups in total. The Morgan fingerprint density at radius 1 is 1.12 bits per heavy atom. The Balaban J connectivity index is 2.73. The van der Waals surface area contributed by atoms with Crippen molar-refractivity contribution in [2.75, 3.05) is 7.11 Å². The summed E-state index contributed by atoms with van der Waals surface area (Å²) in [7, 11) is 1.28. The van der Waals surface area contributed by atoms with Crippen molar-refractivity contribution in [1.82, 2.24) is 5.32 Å². The van der Waals surface area contributed by atoms with Crippen LogP contribution in [-0.2, 0) is 19.1 Å². The molecule has 1 heterocycles. The summed E-state index contributed by atoms with van der Waals surface area (Å²) in [6.07, 6.45) is -0.316. The molecule has 0 aromatic heterocycles. The summed E-state index contributed by atoms with van der Waals surface area (Å²) in [4.78, 5) is 25.3. The third-order valence-corrected chi connectivity index (χ3v) is 4.12.